The summed E-state index contributed by atoms with van der Waals surface area (Å²) in [6.45, 7) is 0.514. The van der Waals surface area contributed by atoms with Gasteiger partial charge in [0.1, 0.15) is 18.4 Å². The van der Waals surface area contributed by atoms with E-state index in [1.807, 2.05) is 0 Å². The molecular weight excluding hydrogens is 452 g/mol. The Bertz CT molecular complexity index is 1190. The fourth-order valence-electron chi connectivity index (χ4n) is 3.46. The van der Waals surface area contributed by atoms with Gasteiger partial charge < -0.3 is 19.7 Å². The quantitative estimate of drug-likeness (QED) is 0.504. The number of carbonyl (C=O) groups excluding carboxylic acids is 2. The van der Waals surface area contributed by atoms with Crippen LogP contribution in [-0.4, -0.2) is 48.4 Å². The Labute approximate surface area is 193 Å². The molecule has 0 bridgehead atoms. The number of halogens is 1. The Morgan fingerprint density at radius 3 is 2.64 bits per heavy atom. The molecule has 1 atom stereocenters. The minimum atomic E-state index is -0.952. The first-order valence-electron chi connectivity index (χ1n) is 10.2. The van der Waals surface area contributed by atoms with Crippen LogP contribution in [0.3, 0.4) is 0 Å². The van der Waals surface area contributed by atoms with Crippen molar-refractivity contribution in [2.45, 2.75) is 19.1 Å². The summed E-state index contributed by atoms with van der Waals surface area (Å²) in [4.78, 5) is 39.2. The lowest BCUT2D eigenvalue weighted by molar-refractivity contribution is -0.678. The van der Waals surface area contributed by atoms with E-state index in [0.29, 0.717) is 22.1 Å². The van der Waals surface area contributed by atoms with Crippen LogP contribution in [0.5, 0.6) is 5.75 Å². The molecule has 1 aromatic heterocycles. The van der Waals surface area contributed by atoms with E-state index in [9.17, 15) is 14.4 Å². The van der Waals surface area contributed by atoms with Gasteiger partial charge in [0.15, 0.2) is 0 Å². The molecule has 11 heteroatoms. The Hall–Kier alpha value is -3.63. The fourth-order valence-corrected chi connectivity index (χ4v) is 3.58. The summed E-state index contributed by atoms with van der Waals surface area (Å²) in [7, 11) is 1.56. The highest BCUT2D eigenvalue weighted by molar-refractivity contribution is 6.30. The molecule has 10 nitrogen and oxygen atoms in total. The molecule has 0 aliphatic carbocycles. The second-order valence-corrected chi connectivity index (χ2v) is 7.78. The monoisotopic (exact) mass is 473 g/mol. The van der Waals surface area contributed by atoms with E-state index >= 15 is 0 Å². The Morgan fingerprint density at radius 2 is 1.94 bits per heavy atom. The highest BCUT2D eigenvalue weighted by Crippen LogP contribution is 2.17. The van der Waals surface area contributed by atoms with Gasteiger partial charge in [-0.25, -0.2) is 4.79 Å². The molecule has 0 spiro atoms. The predicted octanol–water partition coefficient (Wildman–Crippen LogP) is 1.66. The maximum Gasteiger partial charge on any atom is 0.432 e. The zero-order valence-electron chi connectivity index (χ0n) is 17.7. The highest BCUT2D eigenvalue weighted by Gasteiger charge is 2.35. The molecule has 2 aromatic carbocycles. The number of benzene rings is 2. The van der Waals surface area contributed by atoms with Gasteiger partial charge >= 0.3 is 11.3 Å². The van der Waals surface area contributed by atoms with Crippen LogP contribution in [0.1, 0.15) is 12.1 Å². The number of anilines is 1. The molecule has 1 aliphatic heterocycles. The Morgan fingerprint density at radius 1 is 1.21 bits per heavy atom. The lowest BCUT2D eigenvalue weighted by Crippen LogP contribution is -2.51. The van der Waals surface area contributed by atoms with Crippen LogP contribution in [0.4, 0.5) is 5.69 Å². The number of aromatic nitrogens is 2. The van der Waals surface area contributed by atoms with Gasteiger partial charge in [-0.15, -0.1) is 0 Å². The van der Waals surface area contributed by atoms with Gasteiger partial charge in [-0.05, 0) is 46.4 Å². The molecule has 4 rings (SSSR count). The normalized spacial score (nSPS) is 16.0. The summed E-state index contributed by atoms with van der Waals surface area (Å²) in [5, 5.41) is 5.82. The lowest BCUT2D eigenvalue weighted by Gasteiger charge is -2.30. The Kier molecular flexibility index (Phi) is 6.76. The summed E-state index contributed by atoms with van der Waals surface area (Å²) in [6, 6.07) is 13.6. The van der Waals surface area contributed by atoms with E-state index in [1.165, 1.54) is 9.58 Å². The molecule has 33 heavy (non-hydrogen) atoms. The SMILES string of the molecule is COc1ccc(-[n+]2[nH]oc(=O)c2CN2CCOC(CC(=O)Nc3ccc(Cl)cc3)C2=O)cc1. The van der Waals surface area contributed by atoms with Gasteiger partial charge in [0.05, 0.1) is 20.1 Å². The van der Waals surface area contributed by atoms with E-state index in [1.54, 1.807) is 55.6 Å². The third-order valence-corrected chi connectivity index (χ3v) is 5.42. The van der Waals surface area contributed by atoms with Crippen molar-refractivity contribution >= 4 is 29.1 Å². The summed E-state index contributed by atoms with van der Waals surface area (Å²) < 4.78 is 17.1. The number of rotatable bonds is 7. The van der Waals surface area contributed by atoms with E-state index in [2.05, 4.69) is 10.6 Å². The molecule has 2 heterocycles. The van der Waals surface area contributed by atoms with Crippen LogP contribution in [-0.2, 0) is 20.9 Å². The van der Waals surface area contributed by atoms with Crippen molar-refractivity contribution in [3.63, 3.8) is 0 Å². The van der Waals surface area contributed by atoms with Crippen LogP contribution in [0.2, 0.25) is 5.02 Å². The maximum atomic E-state index is 13.0. The third-order valence-electron chi connectivity index (χ3n) is 5.17. The number of carbonyl (C=O) groups is 2. The van der Waals surface area contributed by atoms with Crippen LogP contribution < -0.4 is 20.4 Å². The van der Waals surface area contributed by atoms with Crippen molar-refractivity contribution in [1.29, 1.82) is 0 Å². The number of ether oxygens (including phenoxy) is 2. The molecule has 0 saturated carbocycles. The Balaban J connectivity index is 1.44. The van der Waals surface area contributed by atoms with Crippen LogP contribution >= 0.6 is 11.6 Å². The summed E-state index contributed by atoms with van der Waals surface area (Å²) in [6.07, 6.45) is -1.11. The molecule has 1 unspecified atom stereocenters. The molecule has 1 saturated heterocycles. The average Bonchev–Trinajstić information content (AvgIpc) is 3.18. The average molecular weight is 474 g/mol. The molecule has 2 N–H and O–H groups in total. The summed E-state index contributed by atoms with van der Waals surface area (Å²) in [5.74, 6) is -0.0869. The number of aromatic amines is 1. The number of hydrogen-bond donors (Lipinski definition) is 2. The van der Waals surface area contributed by atoms with Gasteiger partial charge in [-0.1, -0.05) is 11.6 Å². The minimum Gasteiger partial charge on any atom is -0.497 e. The van der Waals surface area contributed by atoms with Crippen molar-refractivity contribution in [3.05, 3.63) is 69.7 Å². The van der Waals surface area contributed by atoms with Gasteiger partial charge in [-0.3, -0.25) is 14.1 Å². The van der Waals surface area contributed by atoms with E-state index < -0.39 is 11.7 Å². The number of morpholine rings is 1. The van der Waals surface area contributed by atoms with Gasteiger partial charge in [0.25, 0.3) is 5.91 Å². The first-order chi connectivity index (χ1) is 15.9. The highest BCUT2D eigenvalue weighted by atomic mass is 35.5. The standard InChI is InChI=1S/C22H21ClN4O6/c1-31-17-8-6-16(7-9-17)27-18(22(30)33-25-27)13-26-10-11-32-19(21(26)29)12-20(28)24-15-4-2-14(23)3-5-15/h2-9,19H,10-13H2,1H3,(H-,24,25,28,30)/p+1. The van der Waals surface area contributed by atoms with Crippen molar-refractivity contribution in [1.82, 2.24) is 10.2 Å². The number of hydrogen-bond acceptors (Lipinski definition) is 6. The summed E-state index contributed by atoms with van der Waals surface area (Å²) in [5.41, 5.74) is 0.841. The number of amides is 2. The van der Waals surface area contributed by atoms with Crippen molar-refractivity contribution in [2.24, 2.45) is 0 Å². The minimum absolute atomic E-state index is 0.00460. The molecule has 1 fully saturated rings. The maximum absolute atomic E-state index is 13.0. The number of H-pyrrole nitrogens is 1. The number of nitrogens with zero attached hydrogens (tertiary/aromatic N) is 2. The second-order valence-electron chi connectivity index (χ2n) is 7.34. The van der Waals surface area contributed by atoms with Crippen molar-refractivity contribution in [3.8, 4) is 11.4 Å². The number of nitrogens with one attached hydrogen (secondary N) is 2. The lowest BCUT2D eigenvalue weighted by atomic mass is 10.1. The molecule has 0 radical (unpaired) electrons. The van der Waals surface area contributed by atoms with Crippen molar-refractivity contribution in [2.75, 3.05) is 25.6 Å². The first-order valence-corrected chi connectivity index (χ1v) is 10.5. The zero-order chi connectivity index (χ0) is 23.4. The van der Waals surface area contributed by atoms with E-state index in [4.69, 9.17) is 25.6 Å². The third kappa shape index (κ3) is 5.24. The summed E-state index contributed by atoms with van der Waals surface area (Å²) >= 11 is 5.85. The van der Waals surface area contributed by atoms with Gasteiger partial charge in [0.2, 0.25) is 11.6 Å². The van der Waals surface area contributed by atoms with Crippen LogP contribution in [0.25, 0.3) is 5.69 Å². The van der Waals surface area contributed by atoms with Crippen LogP contribution in [0, 0.1) is 0 Å². The molecule has 3 aromatic rings. The predicted molar refractivity (Wildman–Crippen MR) is 117 cm³/mol. The molecule has 172 valence electrons. The second kappa shape index (κ2) is 9.88. The van der Waals surface area contributed by atoms with Crippen molar-refractivity contribution < 1.29 is 28.3 Å². The number of methoxy groups -OCH3 is 1. The molecular formula is C22H22ClN4O6+. The van der Waals surface area contributed by atoms with Crippen LogP contribution in [0.15, 0.2) is 57.8 Å². The van der Waals surface area contributed by atoms with E-state index in [0.717, 1.165) is 0 Å². The largest absolute Gasteiger partial charge is 0.497 e. The first kappa shape index (κ1) is 22.6. The topological polar surface area (TPSA) is 118 Å². The molecule has 2 amide bonds. The smallest absolute Gasteiger partial charge is 0.432 e. The van der Waals surface area contributed by atoms with Gasteiger partial charge in [0, 0.05) is 29.4 Å². The zero-order valence-corrected chi connectivity index (χ0v) is 18.5. The fraction of sp³-hybridized carbons (Fsp3) is 0.273. The molecule has 1 aliphatic rings. The van der Waals surface area contributed by atoms with Gasteiger partial charge in [-0.2, -0.15) is 0 Å². The van der Waals surface area contributed by atoms with E-state index in [-0.39, 0.29) is 43.6 Å².